The van der Waals surface area contributed by atoms with Gasteiger partial charge in [0, 0.05) is 0 Å². The smallest absolute Gasteiger partial charge is 0.283 e. The Kier molecular flexibility index (Phi) is 6.08. The van der Waals surface area contributed by atoms with Crippen molar-refractivity contribution in [2.75, 3.05) is 12.0 Å². The molecule has 0 aliphatic carbocycles. The summed E-state index contributed by atoms with van der Waals surface area (Å²) in [7, 11) is 1.60. The van der Waals surface area contributed by atoms with Crippen LogP contribution in [-0.2, 0) is 9.59 Å². The lowest BCUT2D eigenvalue weighted by molar-refractivity contribution is -0.117. The number of hydrogen-bond donors (Lipinski definition) is 1. The molecule has 1 atom stereocenters. The van der Waals surface area contributed by atoms with Crippen LogP contribution >= 0.6 is 11.8 Å². The van der Waals surface area contributed by atoms with E-state index in [0.29, 0.717) is 16.6 Å². The third-order valence-corrected chi connectivity index (χ3v) is 5.47. The van der Waals surface area contributed by atoms with Crippen molar-refractivity contribution in [2.45, 2.75) is 26.0 Å². The molecule has 150 valence electrons. The summed E-state index contributed by atoms with van der Waals surface area (Å²) in [5.74, 6) is 0.0277. The Labute approximate surface area is 174 Å². The van der Waals surface area contributed by atoms with E-state index in [1.54, 1.807) is 25.0 Å². The number of primary amides is 1. The molecule has 0 bridgehead atoms. The Hall–Kier alpha value is -3.06. The van der Waals surface area contributed by atoms with E-state index >= 15 is 0 Å². The molecule has 2 amide bonds. The Morgan fingerprint density at radius 1 is 1.17 bits per heavy atom. The Morgan fingerprint density at radius 2 is 1.79 bits per heavy atom. The number of carbonyl (C=O) groups is 2. The Balaban J connectivity index is 2.02. The summed E-state index contributed by atoms with van der Waals surface area (Å²) in [5.41, 5.74) is 9.33. The number of rotatable bonds is 5. The van der Waals surface area contributed by atoms with Crippen LogP contribution in [0.5, 0.6) is 5.75 Å². The molecule has 0 spiro atoms. The maximum Gasteiger partial charge on any atom is 0.283 e. The topological polar surface area (TPSA) is 85.0 Å². The molecule has 2 aromatic carbocycles. The molecule has 7 heteroatoms. The number of aliphatic imine (C=N–C) groups is 1. The molecule has 0 radical (unpaired) electrons. The number of hydrogen-bond acceptors (Lipinski definition) is 5. The van der Waals surface area contributed by atoms with E-state index in [2.05, 4.69) is 4.99 Å². The molecule has 29 heavy (non-hydrogen) atoms. The van der Waals surface area contributed by atoms with Gasteiger partial charge in [-0.15, -0.1) is 0 Å². The number of nitrogens with zero attached hydrogens (tertiary/aromatic N) is 2. The number of amides is 2. The average Bonchev–Trinajstić information content (AvgIpc) is 2.96. The Morgan fingerprint density at radius 3 is 2.34 bits per heavy atom. The molecule has 0 saturated heterocycles. The van der Waals surface area contributed by atoms with Crippen molar-refractivity contribution in [2.24, 2.45) is 10.7 Å². The fraction of sp³-hybridized carbons (Fsp3) is 0.227. The molecule has 0 fully saturated rings. The maximum atomic E-state index is 13.2. The summed E-state index contributed by atoms with van der Waals surface area (Å²) in [4.78, 5) is 30.8. The Bertz CT molecular complexity index is 992. The first-order valence-corrected chi connectivity index (χ1v) is 9.99. The number of amidine groups is 1. The van der Waals surface area contributed by atoms with Gasteiger partial charge in [-0.3, -0.25) is 14.5 Å². The van der Waals surface area contributed by atoms with Crippen molar-refractivity contribution in [1.29, 1.82) is 0 Å². The quantitative estimate of drug-likeness (QED) is 0.764. The molecule has 2 aromatic rings. The van der Waals surface area contributed by atoms with Gasteiger partial charge in [0.1, 0.15) is 11.4 Å². The molecule has 1 aliphatic rings. The second-order valence-electron chi connectivity index (χ2n) is 6.85. The number of carbonyl (C=O) groups excluding carboxylic acids is 2. The van der Waals surface area contributed by atoms with E-state index in [1.165, 1.54) is 11.8 Å². The highest BCUT2D eigenvalue weighted by atomic mass is 32.2. The van der Waals surface area contributed by atoms with Crippen LogP contribution in [0.3, 0.4) is 0 Å². The highest BCUT2D eigenvalue weighted by Crippen LogP contribution is 2.32. The van der Waals surface area contributed by atoms with Gasteiger partial charge in [-0.25, -0.2) is 4.99 Å². The molecule has 0 aromatic heterocycles. The average molecular weight is 410 g/mol. The largest absolute Gasteiger partial charge is 0.497 e. The van der Waals surface area contributed by atoms with Crippen molar-refractivity contribution >= 4 is 40.5 Å². The summed E-state index contributed by atoms with van der Waals surface area (Å²) in [5, 5.41) is -0.0821. The van der Waals surface area contributed by atoms with Crippen LogP contribution in [0.4, 0.5) is 5.69 Å². The fourth-order valence-corrected chi connectivity index (χ4v) is 3.83. The van der Waals surface area contributed by atoms with Crippen molar-refractivity contribution in [3.8, 4) is 5.75 Å². The van der Waals surface area contributed by atoms with E-state index < -0.39 is 11.2 Å². The summed E-state index contributed by atoms with van der Waals surface area (Å²) in [6.07, 6.45) is 1.72. The monoisotopic (exact) mass is 409 g/mol. The standard InChI is InChI=1S/C22H23N3O3S/c1-13-9-14(2)11-17(10-13)25-21(27)19(24-22(25)29-15(3)20(23)26)12-16-5-7-18(28-4)8-6-16/h5-12,15H,1-4H3,(H2,23,26)/b19-12-/t15-/m0/s1. The highest BCUT2D eigenvalue weighted by molar-refractivity contribution is 8.15. The number of thioether (sulfide) groups is 1. The van der Waals surface area contributed by atoms with E-state index in [-0.39, 0.29) is 5.91 Å². The third-order valence-electron chi connectivity index (χ3n) is 4.40. The number of nitrogens with two attached hydrogens (primary N) is 1. The summed E-state index contributed by atoms with van der Waals surface area (Å²) < 4.78 is 5.17. The summed E-state index contributed by atoms with van der Waals surface area (Å²) in [6.45, 7) is 5.65. The lowest BCUT2D eigenvalue weighted by Crippen LogP contribution is -2.33. The van der Waals surface area contributed by atoms with Gasteiger partial charge >= 0.3 is 0 Å². The van der Waals surface area contributed by atoms with Crippen LogP contribution in [0.15, 0.2) is 53.2 Å². The minimum atomic E-state index is -0.518. The number of aryl methyl sites for hydroxylation is 2. The number of benzene rings is 2. The molecular weight excluding hydrogens is 386 g/mol. The maximum absolute atomic E-state index is 13.2. The van der Waals surface area contributed by atoms with E-state index in [9.17, 15) is 9.59 Å². The van der Waals surface area contributed by atoms with Gasteiger partial charge in [0.15, 0.2) is 5.17 Å². The predicted molar refractivity (Wildman–Crippen MR) is 118 cm³/mol. The van der Waals surface area contributed by atoms with Crippen molar-refractivity contribution in [1.82, 2.24) is 0 Å². The van der Waals surface area contributed by atoms with Gasteiger partial charge in [0.2, 0.25) is 5.91 Å². The van der Waals surface area contributed by atoms with Crippen molar-refractivity contribution in [3.05, 3.63) is 64.9 Å². The first-order valence-electron chi connectivity index (χ1n) is 9.11. The second-order valence-corrected chi connectivity index (χ2v) is 8.15. The van der Waals surface area contributed by atoms with Gasteiger partial charge in [-0.05, 0) is 67.8 Å². The minimum Gasteiger partial charge on any atom is -0.497 e. The molecule has 0 unspecified atom stereocenters. The molecule has 3 rings (SSSR count). The summed E-state index contributed by atoms with van der Waals surface area (Å²) in [6, 6.07) is 13.2. The van der Waals surface area contributed by atoms with Crippen LogP contribution in [0, 0.1) is 13.8 Å². The van der Waals surface area contributed by atoms with Gasteiger partial charge in [0.05, 0.1) is 18.0 Å². The second kappa shape index (κ2) is 8.53. The van der Waals surface area contributed by atoms with E-state index in [0.717, 1.165) is 22.4 Å². The molecule has 1 heterocycles. The number of ether oxygens (including phenoxy) is 1. The molecule has 0 saturated carbocycles. The van der Waals surface area contributed by atoms with Crippen LogP contribution in [-0.4, -0.2) is 29.3 Å². The van der Waals surface area contributed by atoms with Crippen LogP contribution in [0.1, 0.15) is 23.6 Å². The first kappa shape index (κ1) is 20.7. The molecule has 6 nitrogen and oxygen atoms in total. The lowest BCUT2D eigenvalue weighted by Gasteiger charge is -2.20. The number of methoxy groups -OCH3 is 1. The van der Waals surface area contributed by atoms with E-state index in [4.69, 9.17) is 10.5 Å². The molecular formula is C22H23N3O3S. The zero-order valence-corrected chi connectivity index (χ0v) is 17.6. The SMILES string of the molecule is COc1ccc(/C=C2\N=C(S[C@@H](C)C(N)=O)N(c3cc(C)cc(C)c3)C2=O)cc1. The molecule has 2 N–H and O–H groups in total. The minimum absolute atomic E-state index is 0.245. The van der Waals surface area contributed by atoms with Crippen LogP contribution in [0.2, 0.25) is 0 Å². The van der Waals surface area contributed by atoms with Gasteiger partial charge < -0.3 is 10.5 Å². The zero-order valence-electron chi connectivity index (χ0n) is 16.8. The van der Waals surface area contributed by atoms with Crippen LogP contribution in [0.25, 0.3) is 6.08 Å². The lowest BCUT2D eigenvalue weighted by atomic mass is 10.1. The van der Waals surface area contributed by atoms with Crippen LogP contribution < -0.4 is 15.4 Å². The fourth-order valence-electron chi connectivity index (χ4n) is 2.96. The van der Waals surface area contributed by atoms with E-state index in [1.807, 2.05) is 56.3 Å². The number of anilines is 1. The van der Waals surface area contributed by atoms with Gasteiger partial charge in [-0.1, -0.05) is 30.0 Å². The first-order chi connectivity index (χ1) is 13.8. The predicted octanol–water partition coefficient (Wildman–Crippen LogP) is 3.66. The molecule has 1 aliphatic heterocycles. The summed E-state index contributed by atoms with van der Waals surface area (Å²) >= 11 is 1.17. The van der Waals surface area contributed by atoms with Crippen molar-refractivity contribution in [3.63, 3.8) is 0 Å². The van der Waals surface area contributed by atoms with Gasteiger partial charge in [0.25, 0.3) is 5.91 Å². The highest BCUT2D eigenvalue weighted by Gasteiger charge is 2.34. The van der Waals surface area contributed by atoms with Gasteiger partial charge in [-0.2, -0.15) is 0 Å². The normalized spacial score (nSPS) is 16.1. The third kappa shape index (κ3) is 4.68. The zero-order chi connectivity index (χ0) is 21.1. The van der Waals surface area contributed by atoms with Crippen molar-refractivity contribution < 1.29 is 14.3 Å².